The van der Waals surface area contributed by atoms with Crippen LogP contribution in [0.1, 0.15) is 42.9 Å². The van der Waals surface area contributed by atoms with Crippen LogP contribution in [0.5, 0.6) is 0 Å². The van der Waals surface area contributed by atoms with E-state index in [2.05, 4.69) is 5.32 Å². The molecule has 1 aromatic carbocycles. The first-order chi connectivity index (χ1) is 8.70. The van der Waals surface area contributed by atoms with Gasteiger partial charge in [0.2, 0.25) is 0 Å². The quantitative estimate of drug-likeness (QED) is 0.863. The molecule has 3 heteroatoms. The summed E-state index contributed by atoms with van der Waals surface area (Å²) in [5.41, 5.74) is 1.93. The van der Waals surface area contributed by atoms with Gasteiger partial charge < -0.3 is 5.32 Å². The molecule has 0 amide bonds. The van der Waals surface area contributed by atoms with Crippen molar-refractivity contribution in [3.63, 3.8) is 0 Å². The van der Waals surface area contributed by atoms with Gasteiger partial charge in [-0.05, 0) is 32.9 Å². The molecule has 0 heterocycles. The highest BCUT2D eigenvalue weighted by molar-refractivity contribution is 7.99. The normalized spacial score (nSPS) is 18.2. The van der Waals surface area contributed by atoms with Crippen LogP contribution in [0.3, 0.4) is 0 Å². The first-order valence-corrected chi connectivity index (χ1v) is 7.80. The molecule has 1 aromatic rings. The maximum absolute atomic E-state index is 13.9. The SMILES string of the molecule is CNC(CSC1CCCC1)c1cc(C)ccc1F. The number of aryl methyl sites for hydroxylation is 1. The molecule has 1 nitrogen and oxygen atoms in total. The molecule has 100 valence electrons. The maximum atomic E-state index is 13.9. The molecule has 1 unspecified atom stereocenters. The highest BCUT2D eigenvalue weighted by atomic mass is 32.2. The van der Waals surface area contributed by atoms with E-state index < -0.39 is 0 Å². The third-order valence-electron chi connectivity index (χ3n) is 3.68. The largest absolute Gasteiger partial charge is 0.312 e. The zero-order valence-corrected chi connectivity index (χ0v) is 12.0. The summed E-state index contributed by atoms with van der Waals surface area (Å²) >= 11 is 2.00. The van der Waals surface area contributed by atoms with Crippen molar-refractivity contribution < 1.29 is 4.39 Å². The standard InChI is InChI=1S/C15H22FNS/c1-11-7-8-14(16)13(9-11)15(17-2)10-18-12-5-3-4-6-12/h7-9,12,15,17H,3-6,10H2,1-2H3. The predicted octanol–water partition coefficient (Wildman–Crippen LogP) is 4.07. The zero-order chi connectivity index (χ0) is 13.0. The minimum Gasteiger partial charge on any atom is -0.312 e. The Morgan fingerprint density at radius 3 is 2.78 bits per heavy atom. The van der Waals surface area contributed by atoms with Gasteiger partial charge in [-0.15, -0.1) is 0 Å². The van der Waals surface area contributed by atoms with Crippen molar-refractivity contribution >= 4 is 11.8 Å². The van der Waals surface area contributed by atoms with Gasteiger partial charge >= 0.3 is 0 Å². The van der Waals surface area contributed by atoms with Crippen molar-refractivity contribution in [1.82, 2.24) is 5.32 Å². The molecule has 1 atom stereocenters. The fourth-order valence-electron chi connectivity index (χ4n) is 2.55. The van der Waals surface area contributed by atoms with Crippen molar-refractivity contribution in [3.8, 4) is 0 Å². The maximum Gasteiger partial charge on any atom is 0.128 e. The molecule has 1 aliphatic rings. The Bertz CT molecular complexity index is 388. The summed E-state index contributed by atoms with van der Waals surface area (Å²) in [5.74, 6) is 0.869. The topological polar surface area (TPSA) is 12.0 Å². The first kappa shape index (κ1) is 13.9. The smallest absolute Gasteiger partial charge is 0.128 e. The average molecular weight is 267 g/mol. The van der Waals surface area contributed by atoms with Gasteiger partial charge in [-0.1, -0.05) is 30.5 Å². The van der Waals surface area contributed by atoms with Crippen LogP contribution >= 0.6 is 11.8 Å². The van der Waals surface area contributed by atoms with E-state index in [-0.39, 0.29) is 11.9 Å². The lowest BCUT2D eigenvalue weighted by molar-refractivity contribution is 0.564. The van der Waals surface area contributed by atoms with Crippen LogP contribution in [-0.4, -0.2) is 18.1 Å². The summed E-state index contributed by atoms with van der Waals surface area (Å²) < 4.78 is 13.9. The molecular formula is C15H22FNS. The fraction of sp³-hybridized carbons (Fsp3) is 0.600. The number of halogens is 1. The minimum absolute atomic E-state index is 0.0908. The molecule has 1 fully saturated rings. The highest BCUT2D eigenvalue weighted by Crippen LogP contribution is 2.32. The second-order valence-electron chi connectivity index (χ2n) is 5.11. The molecule has 1 saturated carbocycles. The van der Waals surface area contributed by atoms with E-state index >= 15 is 0 Å². The molecule has 0 aliphatic heterocycles. The number of benzene rings is 1. The molecule has 18 heavy (non-hydrogen) atoms. The van der Waals surface area contributed by atoms with Gasteiger partial charge in [-0.3, -0.25) is 0 Å². The van der Waals surface area contributed by atoms with E-state index in [1.54, 1.807) is 6.07 Å². The van der Waals surface area contributed by atoms with Crippen molar-refractivity contribution in [1.29, 1.82) is 0 Å². The lowest BCUT2D eigenvalue weighted by atomic mass is 10.1. The van der Waals surface area contributed by atoms with Gasteiger partial charge in [0.25, 0.3) is 0 Å². The van der Waals surface area contributed by atoms with Gasteiger partial charge in [-0.2, -0.15) is 11.8 Å². The molecule has 0 saturated heterocycles. The van der Waals surface area contributed by atoms with E-state index in [1.807, 2.05) is 37.9 Å². The number of hydrogen-bond acceptors (Lipinski definition) is 2. The van der Waals surface area contributed by atoms with Gasteiger partial charge in [0.05, 0.1) is 0 Å². The highest BCUT2D eigenvalue weighted by Gasteiger charge is 2.19. The van der Waals surface area contributed by atoms with Crippen LogP contribution < -0.4 is 5.32 Å². The third kappa shape index (κ3) is 3.48. The van der Waals surface area contributed by atoms with E-state index in [9.17, 15) is 4.39 Å². The van der Waals surface area contributed by atoms with Crippen LogP contribution in [0.4, 0.5) is 4.39 Å². The molecule has 1 aliphatic carbocycles. The second kappa shape index (κ2) is 6.58. The van der Waals surface area contributed by atoms with Gasteiger partial charge in [0, 0.05) is 22.6 Å². The summed E-state index contributed by atoms with van der Waals surface area (Å²) in [6.07, 6.45) is 5.39. The van der Waals surface area contributed by atoms with Crippen LogP contribution in [0.15, 0.2) is 18.2 Å². The summed E-state index contributed by atoms with van der Waals surface area (Å²) in [5, 5.41) is 4.04. The Morgan fingerprint density at radius 1 is 1.39 bits per heavy atom. The molecular weight excluding hydrogens is 245 g/mol. The molecule has 1 N–H and O–H groups in total. The van der Waals surface area contributed by atoms with Crippen LogP contribution in [0, 0.1) is 12.7 Å². The van der Waals surface area contributed by atoms with Crippen molar-refractivity contribution in [2.45, 2.75) is 43.9 Å². The Balaban J connectivity index is 2.00. The Hall–Kier alpha value is -0.540. The number of nitrogens with one attached hydrogen (secondary N) is 1. The Kier molecular flexibility index (Phi) is 5.07. The first-order valence-electron chi connectivity index (χ1n) is 6.75. The lowest BCUT2D eigenvalue weighted by Crippen LogP contribution is -2.21. The third-order valence-corrected chi connectivity index (χ3v) is 5.14. The Morgan fingerprint density at radius 2 is 2.11 bits per heavy atom. The summed E-state index contributed by atoms with van der Waals surface area (Å²) in [6, 6.07) is 5.49. The van der Waals surface area contributed by atoms with Gasteiger partial charge in [0.1, 0.15) is 5.82 Å². The van der Waals surface area contributed by atoms with Crippen LogP contribution in [0.2, 0.25) is 0 Å². The van der Waals surface area contributed by atoms with Crippen molar-refractivity contribution in [2.24, 2.45) is 0 Å². The van der Waals surface area contributed by atoms with E-state index in [4.69, 9.17) is 0 Å². The van der Waals surface area contributed by atoms with Crippen molar-refractivity contribution in [3.05, 3.63) is 35.1 Å². The van der Waals surface area contributed by atoms with E-state index in [0.717, 1.165) is 22.1 Å². The number of hydrogen-bond donors (Lipinski definition) is 1. The van der Waals surface area contributed by atoms with E-state index in [1.165, 1.54) is 25.7 Å². The summed E-state index contributed by atoms with van der Waals surface area (Å²) in [4.78, 5) is 0. The predicted molar refractivity (Wildman–Crippen MR) is 77.7 cm³/mol. The summed E-state index contributed by atoms with van der Waals surface area (Å²) in [6.45, 7) is 2.01. The number of thioether (sulfide) groups is 1. The van der Waals surface area contributed by atoms with E-state index in [0.29, 0.717) is 0 Å². The van der Waals surface area contributed by atoms with Crippen LogP contribution in [-0.2, 0) is 0 Å². The second-order valence-corrected chi connectivity index (χ2v) is 6.44. The Labute approximate surface area is 114 Å². The monoisotopic (exact) mass is 267 g/mol. The number of rotatable bonds is 5. The summed E-state index contributed by atoms with van der Waals surface area (Å²) in [7, 11) is 1.92. The van der Waals surface area contributed by atoms with Gasteiger partial charge in [-0.25, -0.2) is 4.39 Å². The van der Waals surface area contributed by atoms with Gasteiger partial charge in [0.15, 0.2) is 0 Å². The molecule has 0 bridgehead atoms. The fourth-order valence-corrected chi connectivity index (χ4v) is 4.02. The van der Waals surface area contributed by atoms with Crippen molar-refractivity contribution in [2.75, 3.05) is 12.8 Å². The zero-order valence-electron chi connectivity index (χ0n) is 11.2. The minimum atomic E-state index is -0.0908. The molecule has 0 spiro atoms. The molecule has 2 rings (SSSR count). The average Bonchev–Trinajstić information content (AvgIpc) is 2.87. The lowest BCUT2D eigenvalue weighted by Gasteiger charge is -2.19. The molecule has 0 aromatic heterocycles. The van der Waals surface area contributed by atoms with Crippen LogP contribution in [0.25, 0.3) is 0 Å². The molecule has 0 radical (unpaired) electrons.